The third kappa shape index (κ3) is 3.47. The van der Waals surface area contributed by atoms with Gasteiger partial charge < -0.3 is 14.6 Å². The van der Waals surface area contributed by atoms with Gasteiger partial charge in [-0.1, -0.05) is 37.8 Å². The van der Waals surface area contributed by atoms with Crippen LogP contribution in [0.5, 0.6) is 0 Å². The number of aromatic nitrogens is 2. The van der Waals surface area contributed by atoms with Crippen LogP contribution in [0.4, 0.5) is 6.01 Å². The van der Waals surface area contributed by atoms with Crippen molar-refractivity contribution in [2.45, 2.75) is 64.4 Å². The van der Waals surface area contributed by atoms with Crippen LogP contribution in [0, 0.1) is 0 Å². The molecule has 0 atom stereocenters. The van der Waals surface area contributed by atoms with Crippen LogP contribution in [-0.2, 0) is 10.3 Å². The summed E-state index contributed by atoms with van der Waals surface area (Å²) in [5.74, 6) is 0.717. The van der Waals surface area contributed by atoms with E-state index in [1.165, 1.54) is 25.7 Å². The van der Waals surface area contributed by atoms with Gasteiger partial charge in [-0.2, -0.15) is 4.98 Å². The lowest BCUT2D eigenvalue weighted by atomic mass is 9.93. The van der Waals surface area contributed by atoms with Gasteiger partial charge in [-0.25, -0.2) is 0 Å². The molecular weight excluding hydrogens is 242 g/mol. The number of hydrogen-bond acceptors (Lipinski definition) is 5. The molecule has 0 aromatic carbocycles. The highest BCUT2D eigenvalue weighted by Crippen LogP contribution is 2.38. The molecule has 0 spiro atoms. The molecule has 1 saturated carbocycles. The van der Waals surface area contributed by atoms with E-state index in [1.807, 2.05) is 6.92 Å². The van der Waals surface area contributed by atoms with E-state index >= 15 is 0 Å². The normalized spacial score (nSPS) is 19.1. The molecule has 1 aromatic rings. The summed E-state index contributed by atoms with van der Waals surface area (Å²) >= 11 is 0. The monoisotopic (exact) mass is 267 g/mol. The second-order valence-electron chi connectivity index (χ2n) is 5.19. The minimum atomic E-state index is -0.332. The summed E-state index contributed by atoms with van der Waals surface area (Å²) in [7, 11) is 0. The third-order valence-corrected chi connectivity index (χ3v) is 3.69. The average molecular weight is 267 g/mol. The summed E-state index contributed by atoms with van der Waals surface area (Å²) in [5, 5.41) is 7.28. The van der Waals surface area contributed by atoms with Crippen LogP contribution in [0.25, 0.3) is 0 Å². The summed E-state index contributed by atoms with van der Waals surface area (Å²) in [6.45, 7) is 5.68. The maximum Gasteiger partial charge on any atom is 0.321 e. The van der Waals surface area contributed by atoms with Crippen molar-refractivity contribution in [1.29, 1.82) is 0 Å². The molecule has 2 rings (SSSR count). The zero-order chi connectivity index (χ0) is 13.6. The average Bonchev–Trinajstić information content (AvgIpc) is 2.77. The van der Waals surface area contributed by atoms with E-state index in [4.69, 9.17) is 9.26 Å². The topological polar surface area (TPSA) is 60.2 Å². The highest BCUT2D eigenvalue weighted by atomic mass is 16.5. The first-order chi connectivity index (χ1) is 9.30. The molecule has 19 heavy (non-hydrogen) atoms. The van der Waals surface area contributed by atoms with Crippen LogP contribution >= 0.6 is 0 Å². The van der Waals surface area contributed by atoms with Crippen LogP contribution in [0.2, 0.25) is 0 Å². The van der Waals surface area contributed by atoms with Gasteiger partial charge in [0.05, 0.1) is 0 Å². The van der Waals surface area contributed by atoms with E-state index < -0.39 is 0 Å². The Balaban J connectivity index is 2.14. The van der Waals surface area contributed by atoms with Gasteiger partial charge in [0.25, 0.3) is 0 Å². The van der Waals surface area contributed by atoms with Crippen molar-refractivity contribution in [2.24, 2.45) is 0 Å². The van der Waals surface area contributed by atoms with E-state index in [0.29, 0.717) is 12.6 Å². The quantitative estimate of drug-likeness (QED) is 0.800. The predicted octanol–water partition coefficient (Wildman–Crippen LogP) is 3.48. The van der Waals surface area contributed by atoms with Crippen molar-refractivity contribution in [1.82, 2.24) is 10.1 Å². The molecule has 5 heteroatoms. The molecule has 1 aliphatic rings. The predicted molar refractivity (Wildman–Crippen MR) is 74.1 cm³/mol. The summed E-state index contributed by atoms with van der Waals surface area (Å²) in [4.78, 5) is 4.49. The minimum Gasteiger partial charge on any atom is -0.367 e. The number of nitrogens with one attached hydrogen (secondary N) is 1. The van der Waals surface area contributed by atoms with E-state index in [0.717, 1.165) is 31.6 Å². The number of ether oxygens (including phenoxy) is 1. The van der Waals surface area contributed by atoms with Crippen molar-refractivity contribution >= 4 is 6.01 Å². The molecule has 0 aliphatic heterocycles. The summed E-state index contributed by atoms with van der Waals surface area (Å²) in [5.41, 5.74) is -0.332. The van der Waals surface area contributed by atoms with E-state index in [1.54, 1.807) is 0 Å². The van der Waals surface area contributed by atoms with Crippen molar-refractivity contribution in [2.75, 3.05) is 18.5 Å². The second-order valence-corrected chi connectivity index (χ2v) is 5.19. The molecule has 5 nitrogen and oxygen atoms in total. The third-order valence-electron chi connectivity index (χ3n) is 3.69. The maximum absolute atomic E-state index is 6.04. The Morgan fingerprint density at radius 3 is 2.58 bits per heavy atom. The summed E-state index contributed by atoms with van der Waals surface area (Å²) in [6.07, 6.45) is 7.91. The fourth-order valence-electron chi connectivity index (χ4n) is 2.72. The standard InChI is InChI=1S/C14H25N3O2/c1-3-11-15-13-16-12(17-19-13)14(18-4-2)9-7-5-6-8-10-14/h3-11H2,1-2H3,(H,15,16,17). The smallest absolute Gasteiger partial charge is 0.321 e. The fourth-order valence-corrected chi connectivity index (χ4v) is 2.72. The molecule has 1 aromatic heterocycles. The zero-order valence-electron chi connectivity index (χ0n) is 12.1. The van der Waals surface area contributed by atoms with Crippen LogP contribution in [0.15, 0.2) is 4.52 Å². The maximum atomic E-state index is 6.04. The van der Waals surface area contributed by atoms with Gasteiger partial charge in [-0.15, -0.1) is 0 Å². The Morgan fingerprint density at radius 1 is 1.21 bits per heavy atom. The van der Waals surface area contributed by atoms with Crippen LogP contribution in [-0.4, -0.2) is 23.3 Å². The Kier molecular flexibility index (Phi) is 5.19. The minimum absolute atomic E-state index is 0.332. The first-order valence-corrected chi connectivity index (χ1v) is 7.53. The molecule has 0 bridgehead atoms. The van der Waals surface area contributed by atoms with Crippen molar-refractivity contribution in [3.05, 3.63) is 5.82 Å². The highest BCUT2D eigenvalue weighted by molar-refractivity contribution is 5.20. The molecule has 1 heterocycles. The van der Waals surface area contributed by atoms with Gasteiger partial charge in [0, 0.05) is 13.2 Å². The number of rotatable bonds is 6. The second kappa shape index (κ2) is 6.89. The van der Waals surface area contributed by atoms with Crippen molar-refractivity contribution in [3.8, 4) is 0 Å². The Bertz CT molecular complexity index is 371. The molecule has 108 valence electrons. The Labute approximate surface area is 115 Å². The van der Waals surface area contributed by atoms with Crippen LogP contribution in [0.1, 0.15) is 64.6 Å². The fraction of sp³-hybridized carbons (Fsp3) is 0.857. The molecule has 1 fully saturated rings. The summed E-state index contributed by atoms with van der Waals surface area (Å²) < 4.78 is 11.3. The van der Waals surface area contributed by atoms with Crippen LogP contribution in [0.3, 0.4) is 0 Å². The highest BCUT2D eigenvalue weighted by Gasteiger charge is 2.38. The Hall–Kier alpha value is -1.10. The van der Waals surface area contributed by atoms with E-state index in [2.05, 4.69) is 22.4 Å². The summed E-state index contributed by atoms with van der Waals surface area (Å²) in [6, 6.07) is 0.514. The molecule has 0 saturated heterocycles. The van der Waals surface area contributed by atoms with Gasteiger partial charge >= 0.3 is 6.01 Å². The molecule has 1 aliphatic carbocycles. The van der Waals surface area contributed by atoms with Crippen molar-refractivity contribution < 1.29 is 9.26 Å². The van der Waals surface area contributed by atoms with Gasteiger partial charge in [-0.3, -0.25) is 0 Å². The lowest BCUT2D eigenvalue weighted by molar-refractivity contribution is -0.0636. The molecule has 0 amide bonds. The zero-order valence-corrected chi connectivity index (χ0v) is 12.1. The van der Waals surface area contributed by atoms with Gasteiger partial charge in [0.1, 0.15) is 5.60 Å². The lowest BCUT2D eigenvalue weighted by Gasteiger charge is -2.29. The molecule has 0 unspecified atom stereocenters. The van der Waals surface area contributed by atoms with Gasteiger partial charge in [0.15, 0.2) is 0 Å². The number of nitrogens with zero attached hydrogens (tertiary/aromatic N) is 2. The lowest BCUT2D eigenvalue weighted by Crippen LogP contribution is -2.30. The molecule has 0 radical (unpaired) electrons. The molecular formula is C14H25N3O2. The largest absolute Gasteiger partial charge is 0.367 e. The first-order valence-electron chi connectivity index (χ1n) is 7.53. The van der Waals surface area contributed by atoms with E-state index in [-0.39, 0.29) is 5.60 Å². The van der Waals surface area contributed by atoms with Gasteiger partial charge in [-0.05, 0) is 26.2 Å². The first kappa shape index (κ1) is 14.3. The van der Waals surface area contributed by atoms with Gasteiger partial charge in [0.2, 0.25) is 5.82 Å². The van der Waals surface area contributed by atoms with Crippen molar-refractivity contribution in [3.63, 3.8) is 0 Å². The molecule has 1 N–H and O–H groups in total. The van der Waals surface area contributed by atoms with E-state index in [9.17, 15) is 0 Å². The SMILES string of the molecule is CCCNc1nc(C2(OCC)CCCCCC2)no1. The Morgan fingerprint density at radius 2 is 1.95 bits per heavy atom. The van der Waals surface area contributed by atoms with Crippen LogP contribution < -0.4 is 5.32 Å². The number of hydrogen-bond donors (Lipinski definition) is 1. The number of anilines is 1.